The van der Waals surface area contributed by atoms with E-state index in [1.54, 1.807) is 0 Å². The fraction of sp³-hybridized carbons (Fsp3) is 0.636. The van der Waals surface area contributed by atoms with Gasteiger partial charge in [0.25, 0.3) is 0 Å². The second-order valence-electron chi connectivity index (χ2n) is 12.6. The summed E-state index contributed by atoms with van der Waals surface area (Å²) in [6, 6.07) is 15.6. The van der Waals surface area contributed by atoms with Gasteiger partial charge in [-0.3, -0.25) is 9.80 Å². The minimum Gasteiger partial charge on any atom is -0.492 e. The molecule has 0 unspecified atom stereocenters. The maximum Gasteiger partial charge on any atom is 0.122 e. The van der Waals surface area contributed by atoms with Crippen molar-refractivity contribution in [1.29, 1.82) is 0 Å². The number of ether oxygens (including phenoxy) is 2. The summed E-state index contributed by atoms with van der Waals surface area (Å²) in [6.07, 6.45) is 7.58. The molecule has 0 N–H and O–H groups in total. The van der Waals surface area contributed by atoms with E-state index in [0.717, 1.165) is 50.6 Å². The van der Waals surface area contributed by atoms with Gasteiger partial charge in [-0.2, -0.15) is 0 Å². The van der Waals surface area contributed by atoms with E-state index in [2.05, 4.69) is 86.9 Å². The van der Waals surface area contributed by atoms with Crippen LogP contribution in [0.2, 0.25) is 0 Å². The maximum absolute atomic E-state index is 6.14. The van der Waals surface area contributed by atoms with Crippen molar-refractivity contribution in [3.63, 3.8) is 0 Å². The zero-order valence-electron chi connectivity index (χ0n) is 24.2. The topological polar surface area (TPSA) is 24.9 Å². The van der Waals surface area contributed by atoms with Gasteiger partial charge in [0.2, 0.25) is 0 Å². The summed E-state index contributed by atoms with van der Waals surface area (Å²) in [7, 11) is 0. The molecule has 37 heavy (non-hydrogen) atoms. The first-order chi connectivity index (χ1) is 17.7. The first-order valence-corrected chi connectivity index (χ1v) is 14.6. The van der Waals surface area contributed by atoms with E-state index >= 15 is 0 Å². The average Bonchev–Trinajstić information content (AvgIpc) is 3.59. The molecule has 4 rings (SSSR count). The third-order valence-corrected chi connectivity index (χ3v) is 8.71. The highest BCUT2D eigenvalue weighted by molar-refractivity contribution is 5.39. The fourth-order valence-corrected chi connectivity index (χ4v) is 5.74. The smallest absolute Gasteiger partial charge is 0.122 e. The van der Waals surface area contributed by atoms with Crippen LogP contribution in [0.1, 0.15) is 82.9 Å². The van der Waals surface area contributed by atoms with Crippen LogP contribution < -0.4 is 9.47 Å². The summed E-state index contributed by atoms with van der Waals surface area (Å²) in [5, 5.41) is 0. The molecule has 2 saturated heterocycles. The van der Waals surface area contributed by atoms with Crippen LogP contribution in [-0.2, 0) is 10.8 Å². The molecule has 0 spiro atoms. The second kappa shape index (κ2) is 12.7. The monoisotopic (exact) mass is 506 g/mol. The molecule has 2 aromatic rings. The lowest BCUT2D eigenvalue weighted by Gasteiger charge is -2.32. The van der Waals surface area contributed by atoms with E-state index in [-0.39, 0.29) is 10.8 Å². The van der Waals surface area contributed by atoms with Gasteiger partial charge in [-0.15, -0.1) is 0 Å². The molecule has 0 aromatic heterocycles. The van der Waals surface area contributed by atoms with Gasteiger partial charge in [0, 0.05) is 13.1 Å². The number of rotatable bonds is 13. The molecule has 2 aliphatic rings. The van der Waals surface area contributed by atoms with Gasteiger partial charge in [-0.25, -0.2) is 0 Å². The minimum absolute atomic E-state index is 0.106. The summed E-state index contributed by atoms with van der Waals surface area (Å²) in [6.45, 7) is 20.2. The van der Waals surface area contributed by atoms with Crippen LogP contribution >= 0.6 is 0 Å². The average molecular weight is 507 g/mol. The fourth-order valence-electron chi connectivity index (χ4n) is 5.74. The van der Waals surface area contributed by atoms with Crippen molar-refractivity contribution in [2.75, 3.05) is 52.5 Å². The largest absolute Gasteiger partial charge is 0.492 e. The van der Waals surface area contributed by atoms with Gasteiger partial charge in [0.15, 0.2) is 0 Å². The van der Waals surface area contributed by atoms with Crippen LogP contribution in [0.15, 0.2) is 42.5 Å². The SMILES string of the molecule is Cc1cc(C(C)(C)CCC(C)(C)c2ccc(OCCN3CCCC3)cc2)ccc1OCCN1CCCC1. The van der Waals surface area contributed by atoms with Gasteiger partial charge >= 0.3 is 0 Å². The van der Waals surface area contributed by atoms with Crippen LogP contribution in [0.3, 0.4) is 0 Å². The van der Waals surface area contributed by atoms with Crippen LogP contribution in [0.4, 0.5) is 0 Å². The maximum atomic E-state index is 6.14. The molecule has 0 radical (unpaired) electrons. The molecule has 0 saturated carbocycles. The van der Waals surface area contributed by atoms with Crippen LogP contribution in [-0.4, -0.2) is 62.3 Å². The minimum atomic E-state index is 0.106. The molecule has 204 valence electrons. The van der Waals surface area contributed by atoms with Crippen LogP contribution in [0.25, 0.3) is 0 Å². The van der Waals surface area contributed by atoms with Gasteiger partial charge in [-0.1, -0.05) is 52.0 Å². The Balaban J connectivity index is 1.26. The van der Waals surface area contributed by atoms with Crippen LogP contribution in [0, 0.1) is 6.92 Å². The van der Waals surface area contributed by atoms with Gasteiger partial charge in [0.1, 0.15) is 24.7 Å². The summed E-state index contributed by atoms with van der Waals surface area (Å²) in [5.41, 5.74) is 4.24. The molecule has 4 nitrogen and oxygen atoms in total. The Morgan fingerprint density at radius 2 is 1.14 bits per heavy atom. The summed E-state index contributed by atoms with van der Waals surface area (Å²) >= 11 is 0. The molecule has 0 amide bonds. The first-order valence-electron chi connectivity index (χ1n) is 14.6. The summed E-state index contributed by atoms with van der Waals surface area (Å²) < 4.78 is 12.2. The molecule has 2 fully saturated rings. The number of likely N-dealkylation sites (tertiary alicyclic amines) is 2. The number of nitrogens with zero attached hydrogens (tertiary/aromatic N) is 2. The molecular formula is C33H50N2O2. The molecular weight excluding hydrogens is 456 g/mol. The Bertz CT molecular complexity index is 970. The molecule has 2 aromatic carbocycles. The Morgan fingerprint density at radius 3 is 1.68 bits per heavy atom. The highest BCUT2D eigenvalue weighted by Crippen LogP contribution is 2.37. The van der Waals surface area contributed by atoms with E-state index in [4.69, 9.17) is 9.47 Å². The van der Waals surface area contributed by atoms with Crippen molar-refractivity contribution >= 4 is 0 Å². The predicted octanol–water partition coefficient (Wildman–Crippen LogP) is 6.98. The Morgan fingerprint density at radius 1 is 0.649 bits per heavy atom. The van der Waals surface area contributed by atoms with Crippen molar-refractivity contribution in [3.05, 3.63) is 59.2 Å². The van der Waals surface area contributed by atoms with Gasteiger partial charge in [0.05, 0.1) is 0 Å². The van der Waals surface area contributed by atoms with Crippen molar-refractivity contribution in [1.82, 2.24) is 9.80 Å². The highest BCUT2D eigenvalue weighted by Gasteiger charge is 2.27. The Kier molecular flexibility index (Phi) is 9.58. The van der Waals surface area contributed by atoms with E-state index < -0.39 is 0 Å². The van der Waals surface area contributed by atoms with Crippen molar-refractivity contribution in [3.8, 4) is 11.5 Å². The van der Waals surface area contributed by atoms with Gasteiger partial charge in [-0.05, 0) is 117 Å². The number of hydrogen-bond donors (Lipinski definition) is 0. The molecule has 0 aliphatic carbocycles. The van der Waals surface area contributed by atoms with Crippen molar-refractivity contribution in [2.24, 2.45) is 0 Å². The zero-order valence-corrected chi connectivity index (χ0v) is 24.2. The standard InChI is InChI=1S/C33H50N2O2/c1-27-26-29(12-15-31(27)37-25-23-35-20-8-9-21-35)33(4,5)17-16-32(2,3)28-10-13-30(14-11-28)36-24-22-34-18-6-7-19-34/h10-15,26H,6-9,16-25H2,1-5H3. The lowest BCUT2D eigenvalue weighted by molar-refractivity contribution is 0.236. The lowest BCUT2D eigenvalue weighted by atomic mass is 9.72. The lowest BCUT2D eigenvalue weighted by Crippen LogP contribution is -2.25. The second-order valence-corrected chi connectivity index (χ2v) is 12.6. The Labute approximate surface area is 226 Å². The van der Waals surface area contributed by atoms with Gasteiger partial charge < -0.3 is 9.47 Å². The first kappa shape index (κ1) is 28.0. The number of hydrogen-bond acceptors (Lipinski definition) is 4. The van der Waals surface area contributed by atoms with E-state index in [0.29, 0.717) is 0 Å². The Hall–Kier alpha value is -2.04. The molecule has 0 atom stereocenters. The number of benzene rings is 2. The van der Waals surface area contributed by atoms with E-state index in [1.165, 1.54) is 68.6 Å². The number of aryl methyl sites for hydroxylation is 1. The van der Waals surface area contributed by atoms with Crippen molar-refractivity contribution < 1.29 is 9.47 Å². The predicted molar refractivity (Wildman–Crippen MR) is 155 cm³/mol. The quantitative estimate of drug-likeness (QED) is 0.293. The zero-order chi connectivity index (χ0) is 26.3. The molecule has 0 bridgehead atoms. The molecule has 4 heteroatoms. The third-order valence-electron chi connectivity index (χ3n) is 8.71. The van der Waals surface area contributed by atoms with Crippen molar-refractivity contribution in [2.45, 2.75) is 84.0 Å². The van der Waals surface area contributed by atoms with Crippen LogP contribution in [0.5, 0.6) is 11.5 Å². The molecule has 2 aliphatic heterocycles. The van der Waals surface area contributed by atoms with E-state index in [9.17, 15) is 0 Å². The molecule has 2 heterocycles. The highest BCUT2D eigenvalue weighted by atomic mass is 16.5. The summed E-state index contributed by atoms with van der Waals surface area (Å²) in [4.78, 5) is 5.00. The third kappa shape index (κ3) is 7.97. The summed E-state index contributed by atoms with van der Waals surface area (Å²) in [5.74, 6) is 2.01. The normalized spacial score (nSPS) is 17.4. The van der Waals surface area contributed by atoms with E-state index in [1.807, 2.05) is 0 Å².